The summed E-state index contributed by atoms with van der Waals surface area (Å²) in [5.41, 5.74) is 0. The molecule has 0 aliphatic heterocycles. The van der Waals surface area contributed by atoms with Crippen molar-refractivity contribution in [2.75, 3.05) is 19.8 Å². The Labute approximate surface area is 104 Å². The van der Waals surface area contributed by atoms with Crippen molar-refractivity contribution in [3.05, 3.63) is 0 Å². The largest absolute Gasteiger partial charge is 0.465 e. The lowest BCUT2D eigenvalue weighted by Crippen LogP contribution is -2.40. The van der Waals surface area contributed by atoms with Crippen LogP contribution in [0.15, 0.2) is 0 Å². The monoisotopic (exact) mass is 243 g/mol. The molecule has 1 saturated carbocycles. The summed E-state index contributed by atoms with van der Waals surface area (Å²) in [4.78, 5) is 11.7. The van der Waals surface area contributed by atoms with Gasteiger partial charge in [-0.3, -0.25) is 4.79 Å². The van der Waals surface area contributed by atoms with E-state index in [1.807, 2.05) is 6.92 Å². The first-order valence-electron chi connectivity index (χ1n) is 6.78. The summed E-state index contributed by atoms with van der Waals surface area (Å²) in [5.74, 6) is -0.140. The van der Waals surface area contributed by atoms with E-state index in [1.54, 1.807) is 0 Å². The fourth-order valence-electron chi connectivity index (χ4n) is 1.60. The number of ether oxygens (including phenoxy) is 2. The minimum atomic E-state index is -0.191. The molecule has 1 rings (SSSR count). The van der Waals surface area contributed by atoms with Crippen LogP contribution in [0.3, 0.4) is 0 Å². The Morgan fingerprint density at radius 1 is 1.35 bits per heavy atom. The van der Waals surface area contributed by atoms with E-state index < -0.39 is 0 Å². The maximum absolute atomic E-state index is 11.7. The smallest absolute Gasteiger partial charge is 0.323 e. The Morgan fingerprint density at radius 3 is 2.71 bits per heavy atom. The minimum absolute atomic E-state index is 0.140. The third-order valence-corrected chi connectivity index (χ3v) is 2.78. The molecule has 0 aromatic rings. The van der Waals surface area contributed by atoms with Crippen LogP contribution in [0.4, 0.5) is 0 Å². The van der Waals surface area contributed by atoms with Crippen LogP contribution < -0.4 is 5.32 Å². The quantitative estimate of drug-likeness (QED) is 0.470. The van der Waals surface area contributed by atoms with Gasteiger partial charge in [0.25, 0.3) is 0 Å². The lowest BCUT2D eigenvalue weighted by molar-refractivity contribution is -0.146. The van der Waals surface area contributed by atoms with Crippen molar-refractivity contribution in [3.63, 3.8) is 0 Å². The number of esters is 1. The van der Waals surface area contributed by atoms with E-state index in [-0.39, 0.29) is 12.0 Å². The lowest BCUT2D eigenvalue weighted by atomic mass is 10.2. The van der Waals surface area contributed by atoms with Gasteiger partial charge in [0.05, 0.1) is 6.61 Å². The normalized spacial score (nSPS) is 16.8. The Balaban J connectivity index is 2.17. The molecule has 0 heterocycles. The fraction of sp³-hybridized carbons (Fsp3) is 0.923. The number of rotatable bonds is 10. The standard InChI is InChI=1S/C13H25NO3/c1-3-5-9-16-10-8-12(13(15)17-4-2)14-11-6-7-11/h11-12,14H,3-10H2,1-2H3. The molecule has 4 heteroatoms. The van der Waals surface area contributed by atoms with E-state index in [0.29, 0.717) is 25.7 Å². The third kappa shape index (κ3) is 6.64. The molecule has 0 spiro atoms. The predicted octanol–water partition coefficient (Wildman–Crippen LogP) is 1.88. The Morgan fingerprint density at radius 2 is 2.12 bits per heavy atom. The minimum Gasteiger partial charge on any atom is -0.465 e. The van der Waals surface area contributed by atoms with E-state index in [9.17, 15) is 4.79 Å². The van der Waals surface area contributed by atoms with Gasteiger partial charge in [0.15, 0.2) is 0 Å². The molecular formula is C13H25NO3. The maximum atomic E-state index is 11.7. The van der Waals surface area contributed by atoms with E-state index in [4.69, 9.17) is 9.47 Å². The van der Waals surface area contributed by atoms with Crippen molar-refractivity contribution < 1.29 is 14.3 Å². The van der Waals surface area contributed by atoms with Gasteiger partial charge in [0.2, 0.25) is 0 Å². The van der Waals surface area contributed by atoms with Crippen molar-refractivity contribution in [1.29, 1.82) is 0 Å². The number of hydrogen-bond donors (Lipinski definition) is 1. The van der Waals surface area contributed by atoms with Crippen LogP contribution in [0.25, 0.3) is 0 Å². The summed E-state index contributed by atoms with van der Waals surface area (Å²) in [6.07, 6.45) is 5.28. The van der Waals surface area contributed by atoms with Crippen LogP contribution in [0.5, 0.6) is 0 Å². The van der Waals surface area contributed by atoms with Crippen molar-refractivity contribution >= 4 is 5.97 Å². The highest BCUT2D eigenvalue weighted by atomic mass is 16.5. The third-order valence-electron chi connectivity index (χ3n) is 2.78. The maximum Gasteiger partial charge on any atom is 0.323 e. The summed E-state index contributed by atoms with van der Waals surface area (Å²) in [5, 5.41) is 3.31. The second-order valence-corrected chi connectivity index (χ2v) is 4.50. The van der Waals surface area contributed by atoms with Gasteiger partial charge in [-0.1, -0.05) is 13.3 Å². The molecule has 0 amide bonds. The van der Waals surface area contributed by atoms with Crippen molar-refractivity contribution in [1.82, 2.24) is 5.32 Å². The first-order valence-corrected chi connectivity index (χ1v) is 6.78. The molecule has 4 nitrogen and oxygen atoms in total. The summed E-state index contributed by atoms with van der Waals surface area (Å²) in [6, 6.07) is 0.323. The van der Waals surface area contributed by atoms with Crippen LogP contribution in [0.1, 0.15) is 46.0 Å². The van der Waals surface area contributed by atoms with Crippen LogP contribution in [-0.4, -0.2) is 37.9 Å². The first kappa shape index (κ1) is 14.5. The molecule has 1 unspecified atom stereocenters. The van der Waals surface area contributed by atoms with Crippen LogP contribution in [0.2, 0.25) is 0 Å². The molecule has 0 saturated heterocycles. The SMILES string of the molecule is CCCCOCCC(NC1CC1)C(=O)OCC. The molecule has 0 aromatic heterocycles. The van der Waals surface area contributed by atoms with E-state index in [1.165, 1.54) is 12.8 Å². The number of unbranched alkanes of at least 4 members (excludes halogenated alkanes) is 1. The molecule has 0 radical (unpaired) electrons. The second kappa shape index (κ2) is 8.48. The molecule has 100 valence electrons. The Kier molecular flexibility index (Phi) is 7.21. The Bertz CT molecular complexity index is 217. The molecule has 1 aliphatic rings. The average molecular weight is 243 g/mol. The zero-order valence-corrected chi connectivity index (χ0v) is 11.0. The van der Waals surface area contributed by atoms with E-state index in [0.717, 1.165) is 19.4 Å². The van der Waals surface area contributed by atoms with Gasteiger partial charge in [-0.15, -0.1) is 0 Å². The van der Waals surface area contributed by atoms with Gasteiger partial charge < -0.3 is 14.8 Å². The topological polar surface area (TPSA) is 47.6 Å². The number of nitrogens with one attached hydrogen (secondary N) is 1. The molecule has 1 atom stereocenters. The summed E-state index contributed by atoms with van der Waals surface area (Å²) in [7, 11) is 0. The number of hydrogen-bond acceptors (Lipinski definition) is 4. The molecule has 0 aromatic carbocycles. The molecule has 1 aliphatic carbocycles. The highest BCUT2D eigenvalue weighted by molar-refractivity contribution is 5.75. The van der Waals surface area contributed by atoms with E-state index >= 15 is 0 Å². The second-order valence-electron chi connectivity index (χ2n) is 4.50. The van der Waals surface area contributed by atoms with Crippen molar-refractivity contribution in [2.45, 2.75) is 58.0 Å². The predicted molar refractivity (Wildman–Crippen MR) is 66.9 cm³/mol. The lowest BCUT2D eigenvalue weighted by Gasteiger charge is -2.16. The van der Waals surface area contributed by atoms with Crippen LogP contribution in [-0.2, 0) is 14.3 Å². The Hall–Kier alpha value is -0.610. The van der Waals surface area contributed by atoms with Gasteiger partial charge >= 0.3 is 5.97 Å². The van der Waals surface area contributed by atoms with Gasteiger partial charge in [-0.25, -0.2) is 0 Å². The molecule has 1 fully saturated rings. The van der Waals surface area contributed by atoms with Crippen LogP contribution in [0, 0.1) is 0 Å². The van der Waals surface area contributed by atoms with E-state index in [2.05, 4.69) is 12.2 Å². The zero-order valence-electron chi connectivity index (χ0n) is 11.0. The highest BCUT2D eigenvalue weighted by Gasteiger charge is 2.28. The van der Waals surface area contributed by atoms with Gasteiger partial charge in [-0.2, -0.15) is 0 Å². The fourth-order valence-corrected chi connectivity index (χ4v) is 1.60. The summed E-state index contributed by atoms with van der Waals surface area (Å²) in [6.45, 7) is 5.83. The highest BCUT2D eigenvalue weighted by Crippen LogP contribution is 2.20. The number of carbonyl (C=O) groups is 1. The summed E-state index contributed by atoms with van der Waals surface area (Å²) < 4.78 is 10.5. The zero-order chi connectivity index (χ0) is 12.5. The molecule has 17 heavy (non-hydrogen) atoms. The van der Waals surface area contributed by atoms with Gasteiger partial charge in [-0.05, 0) is 32.6 Å². The molecule has 0 bridgehead atoms. The average Bonchev–Trinajstić information content (AvgIpc) is 3.11. The van der Waals surface area contributed by atoms with Gasteiger partial charge in [0, 0.05) is 19.3 Å². The first-order chi connectivity index (χ1) is 8.27. The van der Waals surface area contributed by atoms with Crippen molar-refractivity contribution in [3.8, 4) is 0 Å². The molecule has 1 N–H and O–H groups in total. The molecular weight excluding hydrogens is 218 g/mol. The van der Waals surface area contributed by atoms with Crippen LogP contribution >= 0.6 is 0 Å². The van der Waals surface area contributed by atoms with Gasteiger partial charge in [0.1, 0.15) is 6.04 Å². The number of carbonyl (C=O) groups excluding carboxylic acids is 1. The van der Waals surface area contributed by atoms with Crippen molar-refractivity contribution in [2.24, 2.45) is 0 Å². The summed E-state index contributed by atoms with van der Waals surface area (Å²) >= 11 is 0.